The molecule has 0 spiro atoms. The van der Waals surface area contributed by atoms with Crippen LogP contribution in [-0.2, 0) is 13.4 Å². The van der Waals surface area contributed by atoms with Crippen LogP contribution in [0.3, 0.4) is 0 Å². The van der Waals surface area contributed by atoms with Crippen LogP contribution < -0.4 is 5.73 Å². The van der Waals surface area contributed by atoms with Gasteiger partial charge in [-0.05, 0) is 0 Å². The average Bonchev–Trinajstić information content (AvgIpc) is 1.85. The maximum absolute atomic E-state index is 10.6. The first-order valence-electron chi connectivity index (χ1n) is 2.84. The van der Waals surface area contributed by atoms with Gasteiger partial charge in [-0.25, -0.2) is 4.31 Å². The van der Waals surface area contributed by atoms with Gasteiger partial charge in [0, 0.05) is 6.42 Å². The monoisotopic (exact) mass is 200 g/mol. The molecule has 3 N–H and O–H groups in total. The van der Waals surface area contributed by atoms with Crippen molar-refractivity contribution in [3.8, 4) is 0 Å². The summed E-state index contributed by atoms with van der Waals surface area (Å²) in [5, 5.41) is 0. The van der Waals surface area contributed by atoms with Crippen molar-refractivity contribution in [2.45, 2.75) is 13.3 Å². The van der Waals surface area contributed by atoms with E-state index in [1.807, 2.05) is 0 Å². The molecule has 0 aliphatic carbocycles. The highest BCUT2D eigenvalue weighted by Gasteiger charge is 1.99. The molecule has 0 bridgehead atoms. The Morgan fingerprint density at radius 3 is 2.64 bits per heavy atom. The number of nitrogens with two attached hydrogens (primary N) is 1. The lowest BCUT2D eigenvalue weighted by molar-refractivity contribution is 0.412. The Morgan fingerprint density at radius 2 is 2.27 bits per heavy atom. The van der Waals surface area contributed by atoms with Crippen molar-refractivity contribution in [2.24, 2.45) is 10.5 Å². The lowest BCUT2D eigenvalue weighted by atomic mass is 10.5. The molecule has 2 atom stereocenters. The molecule has 0 aliphatic heterocycles. The molecule has 0 aromatic rings. The van der Waals surface area contributed by atoms with Crippen LogP contribution in [-0.4, -0.2) is 10.7 Å². The summed E-state index contributed by atoms with van der Waals surface area (Å²) in [5.74, 6) is 0.150. The van der Waals surface area contributed by atoms with Crippen molar-refractivity contribution in [1.82, 2.24) is 0 Å². The lowest BCUT2D eigenvalue weighted by Gasteiger charge is -1.95. The van der Waals surface area contributed by atoms with E-state index < -0.39 is 16.4 Å². The summed E-state index contributed by atoms with van der Waals surface area (Å²) in [6.07, 6.45) is 0.437. The number of rotatable bonds is 4. The third kappa shape index (κ3) is 6.26. The van der Waals surface area contributed by atoms with Gasteiger partial charge in [0.25, 0.3) is 0 Å². The van der Waals surface area contributed by atoms with E-state index >= 15 is 0 Å². The summed E-state index contributed by atoms with van der Waals surface area (Å²) in [7, 11) is -5.97. The normalized spacial score (nSPS) is 17.8. The van der Waals surface area contributed by atoms with Gasteiger partial charge >= 0.3 is 16.4 Å². The Hall–Kier alpha value is -0.150. The first-order valence-corrected chi connectivity index (χ1v) is 5.36. The van der Waals surface area contributed by atoms with E-state index in [1.54, 1.807) is 6.92 Å². The minimum Gasteiger partial charge on any atom is -0.387 e. The molecule has 0 heterocycles. The predicted molar refractivity (Wildman–Crippen MR) is 43.2 cm³/mol. The predicted octanol–water partition coefficient (Wildman–Crippen LogP) is 0.542. The van der Waals surface area contributed by atoms with Crippen LogP contribution in [0, 0.1) is 0 Å². The first-order chi connectivity index (χ1) is 5.06. The summed E-state index contributed by atoms with van der Waals surface area (Å²) >= 11 is 0. The molecule has 0 radical (unpaired) electrons. The van der Waals surface area contributed by atoms with Gasteiger partial charge in [0.1, 0.15) is 5.84 Å². The summed E-state index contributed by atoms with van der Waals surface area (Å²) in [5.41, 5.74) is 5.17. The Kier molecular flexibility index (Phi) is 5.42. The molecular formula is C3H10N2O4P2. The highest BCUT2D eigenvalue weighted by Crippen LogP contribution is 2.36. The zero-order chi connectivity index (χ0) is 8.85. The molecule has 0 amide bonds. The van der Waals surface area contributed by atoms with E-state index in [4.69, 9.17) is 10.6 Å². The number of nitrogens with zero attached hydrogens (tertiary/aromatic N) is 1. The molecule has 66 valence electrons. The van der Waals surface area contributed by atoms with Crippen molar-refractivity contribution in [3.05, 3.63) is 0 Å². The van der Waals surface area contributed by atoms with E-state index in [0.717, 1.165) is 0 Å². The van der Waals surface area contributed by atoms with Crippen molar-refractivity contribution in [2.75, 3.05) is 0 Å². The minimum absolute atomic E-state index is 0.150. The minimum atomic E-state index is -3.17. The lowest BCUT2D eigenvalue weighted by Crippen LogP contribution is -2.07. The van der Waals surface area contributed by atoms with Gasteiger partial charge in [-0.1, -0.05) is 6.92 Å². The molecule has 0 saturated heterocycles. The topological polar surface area (TPSA) is 102 Å². The molecule has 0 aromatic carbocycles. The summed E-state index contributed by atoms with van der Waals surface area (Å²) in [6, 6.07) is 0. The first kappa shape index (κ1) is 10.8. The number of hydrogen-bond donors (Lipinski definition) is 2. The Balaban J connectivity index is 3.96. The summed E-state index contributed by atoms with van der Waals surface area (Å²) in [6.45, 7) is 1.72. The van der Waals surface area contributed by atoms with Gasteiger partial charge < -0.3 is 10.6 Å². The fourth-order valence-electron chi connectivity index (χ4n) is 0.294. The Labute approximate surface area is 65.3 Å². The van der Waals surface area contributed by atoms with Crippen LogP contribution in [0.4, 0.5) is 0 Å². The third-order valence-corrected chi connectivity index (χ3v) is 2.64. The van der Waals surface area contributed by atoms with Crippen LogP contribution in [0.1, 0.15) is 13.3 Å². The van der Waals surface area contributed by atoms with E-state index in [2.05, 4.69) is 9.07 Å². The highest BCUT2D eigenvalue weighted by molar-refractivity contribution is 7.49. The smallest absolute Gasteiger partial charge is 0.323 e. The molecule has 0 rings (SSSR count). The molecule has 6 nitrogen and oxygen atoms in total. The molecule has 0 aliphatic rings. The van der Waals surface area contributed by atoms with Gasteiger partial charge in [0.15, 0.2) is 0 Å². The molecule has 0 saturated carbocycles. The zero-order valence-electron chi connectivity index (χ0n) is 5.90. The maximum atomic E-state index is 10.6. The van der Waals surface area contributed by atoms with Crippen LogP contribution in [0.25, 0.3) is 0 Å². The van der Waals surface area contributed by atoms with Crippen molar-refractivity contribution in [1.29, 1.82) is 0 Å². The molecule has 0 aromatic heterocycles. The van der Waals surface area contributed by atoms with Crippen molar-refractivity contribution >= 4 is 22.3 Å². The van der Waals surface area contributed by atoms with Gasteiger partial charge in [-0.3, -0.25) is 9.13 Å². The van der Waals surface area contributed by atoms with Crippen molar-refractivity contribution in [3.63, 3.8) is 0 Å². The second kappa shape index (κ2) is 5.49. The summed E-state index contributed by atoms with van der Waals surface area (Å²) < 4.78 is 27.9. The van der Waals surface area contributed by atoms with E-state index in [-0.39, 0.29) is 5.84 Å². The molecule has 0 fully saturated rings. The quantitative estimate of drug-likeness (QED) is 0.391. The van der Waals surface area contributed by atoms with E-state index in [1.165, 1.54) is 0 Å². The molecule has 11 heavy (non-hydrogen) atoms. The maximum Gasteiger partial charge on any atom is 0.323 e. The molecule has 2 unspecified atom stereocenters. The van der Waals surface area contributed by atoms with Crippen LogP contribution in [0.15, 0.2) is 4.76 Å². The standard InChI is InChI=1S/C3H10N2O4P2/c1-2-3(4)5-10(6)9-11(7)8/h10-11H,2H2,1H3,(H,7,8)(H2,4,5,6). The zero-order valence-corrected chi connectivity index (χ0v) is 7.90. The fraction of sp³-hybridized carbons (Fsp3) is 0.667. The largest absolute Gasteiger partial charge is 0.387 e. The van der Waals surface area contributed by atoms with Crippen LogP contribution in [0.2, 0.25) is 0 Å². The molecular weight excluding hydrogens is 190 g/mol. The number of hydrogen-bond acceptors (Lipinski definition) is 3. The number of amidine groups is 1. The summed E-state index contributed by atoms with van der Waals surface area (Å²) in [4.78, 5) is 8.15. The second-order valence-corrected chi connectivity index (χ2v) is 3.69. The van der Waals surface area contributed by atoms with E-state index in [9.17, 15) is 9.13 Å². The Morgan fingerprint density at radius 1 is 1.73 bits per heavy atom. The van der Waals surface area contributed by atoms with Gasteiger partial charge in [0.2, 0.25) is 0 Å². The average molecular weight is 200 g/mol. The van der Waals surface area contributed by atoms with Gasteiger partial charge in [0.05, 0.1) is 0 Å². The third-order valence-electron chi connectivity index (χ3n) is 0.772. The second-order valence-electron chi connectivity index (χ2n) is 1.59. The van der Waals surface area contributed by atoms with E-state index in [0.29, 0.717) is 6.42 Å². The fourth-order valence-corrected chi connectivity index (χ4v) is 1.47. The molecule has 8 heteroatoms. The van der Waals surface area contributed by atoms with Gasteiger partial charge in [-0.2, -0.15) is 4.76 Å². The van der Waals surface area contributed by atoms with Crippen LogP contribution >= 0.6 is 16.4 Å². The van der Waals surface area contributed by atoms with Crippen LogP contribution in [0.5, 0.6) is 0 Å². The highest BCUT2D eigenvalue weighted by atomic mass is 31.2. The SMILES string of the molecule is CCC(N)=N[PH](=O)O[PH](=O)O. The van der Waals surface area contributed by atoms with Gasteiger partial charge in [-0.15, -0.1) is 0 Å². The Bertz CT molecular complexity index is 204. The van der Waals surface area contributed by atoms with Crippen molar-refractivity contribution < 1.29 is 18.3 Å².